The molecular formula is C36H25BrCl2N2O6. The Morgan fingerprint density at radius 1 is 0.766 bits per heavy atom. The smallest absolute Gasteiger partial charge is 0.338 e. The minimum absolute atomic E-state index is 0.169. The molecule has 0 aromatic heterocycles. The molecule has 4 aromatic carbocycles. The van der Waals surface area contributed by atoms with E-state index < -0.39 is 57.9 Å². The lowest BCUT2D eigenvalue weighted by molar-refractivity contribution is -0.146. The molecule has 1 saturated heterocycles. The zero-order chi connectivity index (χ0) is 33.2. The number of Topliss-reactive ketones (excluding diaryl/α,β-unsaturated/α-hetero) is 1. The van der Waals surface area contributed by atoms with E-state index in [2.05, 4.69) is 21.2 Å². The number of esters is 1. The van der Waals surface area contributed by atoms with E-state index in [0.717, 1.165) is 9.37 Å². The number of halogens is 3. The molecule has 236 valence electrons. The lowest BCUT2D eigenvalue weighted by Crippen LogP contribution is -2.57. The van der Waals surface area contributed by atoms with Crippen LogP contribution in [0.25, 0.3) is 0 Å². The van der Waals surface area contributed by atoms with Crippen LogP contribution in [-0.4, -0.2) is 47.0 Å². The number of hydrogen-bond acceptors (Lipinski definition) is 6. The summed E-state index contributed by atoms with van der Waals surface area (Å²) in [4.78, 5) is 64.9. The third kappa shape index (κ3) is 4.66. The van der Waals surface area contributed by atoms with Gasteiger partial charge in [-0.25, -0.2) is 4.79 Å². The molecule has 11 heteroatoms. The van der Waals surface area contributed by atoms with E-state index >= 15 is 0 Å². The van der Waals surface area contributed by atoms with E-state index in [1.807, 2.05) is 48.5 Å². The minimum atomic E-state index is -1.35. The van der Waals surface area contributed by atoms with Gasteiger partial charge in [-0.1, -0.05) is 76.6 Å². The molecule has 2 bridgehead atoms. The summed E-state index contributed by atoms with van der Waals surface area (Å²) in [6, 6.07) is 26.0. The Labute approximate surface area is 288 Å². The zero-order valence-electron chi connectivity index (χ0n) is 24.7. The van der Waals surface area contributed by atoms with Crippen molar-refractivity contribution in [1.29, 1.82) is 0 Å². The van der Waals surface area contributed by atoms with E-state index in [-0.39, 0.29) is 11.3 Å². The Morgan fingerprint density at radius 2 is 1.21 bits per heavy atom. The van der Waals surface area contributed by atoms with Gasteiger partial charge < -0.3 is 10.1 Å². The van der Waals surface area contributed by atoms with Crippen LogP contribution in [0, 0.1) is 11.8 Å². The van der Waals surface area contributed by atoms with Crippen LogP contribution in [0.1, 0.15) is 49.9 Å². The summed E-state index contributed by atoms with van der Waals surface area (Å²) in [6.45, 7) is 1.04. The molecule has 1 fully saturated rings. The summed E-state index contributed by atoms with van der Waals surface area (Å²) in [5.74, 6) is -4.85. The fourth-order valence-electron chi connectivity index (χ4n) is 7.06. The quantitative estimate of drug-likeness (QED) is 0.102. The van der Waals surface area contributed by atoms with Crippen LogP contribution < -0.4 is 5.32 Å². The van der Waals surface area contributed by atoms with E-state index in [9.17, 15) is 24.0 Å². The topological polar surface area (TPSA) is 110 Å². The molecule has 3 amide bonds. The molecule has 1 N–H and O–H groups in total. The van der Waals surface area contributed by atoms with Crippen molar-refractivity contribution in [3.8, 4) is 0 Å². The molecule has 47 heavy (non-hydrogen) atoms. The monoisotopic (exact) mass is 730 g/mol. The maximum Gasteiger partial charge on any atom is 0.338 e. The van der Waals surface area contributed by atoms with Gasteiger partial charge in [-0.3, -0.25) is 24.1 Å². The van der Waals surface area contributed by atoms with Crippen molar-refractivity contribution in [2.45, 2.75) is 22.7 Å². The number of hydrogen-bond donors (Lipinski definition) is 1. The maximum atomic E-state index is 14.1. The van der Waals surface area contributed by atoms with E-state index in [1.54, 1.807) is 24.3 Å². The van der Waals surface area contributed by atoms with Gasteiger partial charge in [0.25, 0.3) is 0 Å². The van der Waals surface area contributed by atoms with Crippen molar-refractivity contribution < 1.29 is 28.7 Å². The number of carbonyl (C=O) groups excluding carboxylic acids is 5. The number of carbonyl (C=O) groups is 5. The first-order valence-electron chi connectivity index (χ1n) is 14.8. The Balaban J connectivity index is 1.07. The molecule has 8 nitrogen and oxygen atoms in total. The number of alkyl halides is 2. The van der Waals surface area contributed by atoms with Gasteiger partial charge in [0.15, 0.2) is 12.4 Å². The molecule has 0 saturated carbocycles. The first kappa shape index (κ1) is 31.3. The first-order chi connectivity index (χ1) is 22.5. The maximum absolute atomic E-state index is 14.1. The molecule has 1 aliphatic heterocycles. The Bertz CT molecular complexity index is 1880. The molecule has 3 atom stereocenters. The number of anilines is 1. The van der Waals surface area contributed by atoms with E-state index in [1.165, 1.54) is 31.2 Å². The molecule has 4 aromatic rings. The lowest BCUT2D eigenvalue weighted by Gasteiger charge is -2.54. The number of imide groups is 1. The van der Waals surface area contributed by atoms with Gasteiger partial charge in [0.1, 0.15) is 15.8 Å². The van der Waals surface area contributed by atoms with Crippen LogP contribution in [0.5, 0.6) is 0 Å². The standard InChI is InChI=1S/C36H25BrCl2N2O6/c1-19(31(43)40-23-16-12-21(13-17-23)34(46)47-18-28(42)20-10-14-22(37)15-11-20)41-32(44)29-30(33(41)45)36(39)25-7-3-2-6-24(25)35(29,38)26-8-4-5-9-27(26)36/h2-17,19,29-30H,18H2,1H3,(H,40,43)/t19-,29-,30+,35?,36?/m1/s1. The molecule has 3 aliphatic carbocycles. The van der Waals surface area contributed by atoms with Gasteiger partial charge in [0, 0.05) is 15.7 Å². The Morgan fingerprint density at radius 3 is 1.68 bits per heavy atom. The molecule has 1 heterocycles. The third-order valence-corrected chi connectivity index (χ3v) is 11.1. The summed E-state index contributed by atoms with van der Waals surface area (Å²) in [6.07, 6.45) is 0. The van der Waals surface area contributed by atoms with Crippen LogP contribution >= 0.6 is 39.1 Å². The zero-order valence-corrected chi connectivity index (χ0v) is 27.8. The number of nitrogens with zero attached hydrogens (tertiary/aromatic N) is 1. The molecule has 0 unspecified atom stereocenters. The van der Waals surface area contributed by atoms with Gasteiger partial charge >= 0.3 is 5.97 Å². The van der Waals surface area contributed by atoms with Crippen molar-refractivity contribution in [3.05, 3.63) is 135 Å². The van der Waals surface area contributed by atoms with E-state index in [0.29, 0.717) is 33.5 Å². The highest BCUT2D eigenvalue weighted by molar-refractivity contribution is 9.10. The number of ketones is 1. The highest BCUT2D eigenvalue weighted by Crippen LogP contribution is 2.69. The molecule has 0 spiro atoms. The summed E-state index contributed by atoms with van der Waals surface area (Å²) in [5.41, 5.74) is 3.60. The Kier molecular flexibility index (Phi) is 7.62. The summed E-state index contributed by atoms with van der Waals surface area (Å²) in [7, 11) is 0. The van der Waals surface area contributed by atoms with Crippen LogP contribution in [0.4, 0.5) is 5.69 Å². The van der Waals surface area contributed by atoms with Crippen molar-refractivity contribution in [2.24, 2.45) is 11.8 Å². The van der Waals surface area contributed by atoms with Crippen molar-refractivity contribution >= 4 is 74.3 Å². The fraction of sp³-hybridized carbons (Fsp3) is 0.194. The van der Waals surface area contributed by atoms with Gasteiger partial charge in [-0.15, -0.1) is 23.2 Å². The number of likely N-dealkylation sites (tertiary alicyclic amines) is 1. The van der Waals surface area contributed by atoms with E-state index in [4.69, 9.17) is 27.9 Å². The predicted molar refractivity (Wildman–Crippen MR) is 178 cm³/mol. The average molecular weight is 732 g/mol. The van der Waals surface area contributed by atoms with Gasteiger partial charge in [0.2, 0.25) is 17.7 Å². The van der Waals surface area contributed by atoms with Crippen molar-refractivity contribution in [2.75, 3.05) is 11.9 Å². The van der Waals surface area contributed by atoms with Crippen LogP contribution in [0.15, 0.2) is 102 Å². The third-order valence-electron chi connectivity index (χ3n) is 9.27. The van der Waals surface area contributed by atoms with Gasteiger partial charge in [-0.2, -0.15) is 0 Å². The van der Waals surface area contributed by atoms with Crippen molar-refractivity contribution in [3.63, 3.8) is 0 Å². The second-order valence-corrected chi connectivity index (χ2v) is 13.9. The summed E-state index contributed by atoms with van der Waals surface area (Å²) in [5, 5.41) is 2.71. The van der Waals surface area contributed by atoms with Crippen LogP contribution in [-0.2, 0) is 28.9 Å². The number of nitrogens with one attached hydrogen (secondary N) is 1. The second kappa shape index (κ2) is 11.4. The normalized spacial score (nSPS) is 24.2. The summed E-state index contributed by atoms with van der Waals surface area (Å²) >= 11 is 18.2. The number of amides is 3. The summed E-state index contributed by atoms with van der Waals surface area (Å²) < 4.78 is 5.99. The average Bonchev–Trinajstić information content (AvgIpc) is 3.36. The number of rotatable bonds is 7. The van der Waals surface area contributed by atoms with Crippen LogP contribution in [0.3, 0.4) is 0 Å². The minimum Gasteiger partial charge on any atom is -0.454 e. The fourth-order valence-corrected chi connectivity index (χ4v) is 8.42. The molecule has 8 rings (SSSR count). The molecule has 4 aliphatic rings. The largest absolute Gasteiger partial charge is 0.454 e. The van der Waals surface area contributed by atoms with Gasteiger partial charge in [-0.05, 0) is 65.6 Å². The lowest BCUT2D eigenvalue weighted by atomic mass is 9.54. The Hall–Kier alpha value is -4.31. The number of benzene rings is 4. The first-order valence-corrected chi connectivity index (χ1v) is 16.3. The SMILES string of the molecule is C[C@H](C(=O)Nc1ccc(C(=O)OCC(=O)c2ccc(Br)cc2)cc1)N1C(=O)[C@@H]2[C@H](C1=O)C1(Cl)c3ccccc3C2(Cl)c2ccccc21. The number of ether oxygens (including phenoxy) is 1. The molecule has 0 radical (unpaired) electrons. The van der Waals surface area contributed by atoms with Crippen LogP contribution in [0.2, 0.25) is 0 Å². The highest BCUT2D eigenvalue weighted by atomic mass is 79.9. The predicted octanol–water partition coefficient (Wildman–Crippen LogP) is 6.41. The highest BCUT2D eigenvalue weighted by Gasteiger charge is 2.73. The second-order valence-electron chi connectivity index (χ2n) is 11.8. The molecular weight excluding hydrogens is 707 g/mol. The van der Waals surface area contributed by atoms with Crippen molar-refractivity contribution in [1.82, 2.24) is 4.90 Å². The van der Waals surface area contributed by atoms with Gasteiger partial charge in [0.05, 0.1) is 17.4 Å².